The van der Waals surface area contributed by atoms with Crippen molar-refractivity contribution in [3.05, 3.63) is 53.9 Å². The highest BCUT2D eigenvalue weighted by molar-refractivity contribution is 7.91. The lowest BCUT2D eigenvalue weighted by Gasteiger charge is -2.29. The first-order chi connectivity index (χ1) is 28.9. The van der Waals surface area contributed by atoms with E-state index in [0.717, 1.165) is 17.8 Å². The van der Waals surface area contributed by atoms with Crippen molar-refractivity contribution in [3.63, 3.8) is 0 Å². The molecule has 1 aromatic carbocycles. The van der Waals surface area contributed by atoms with E-state index in [4.69, 9.17) is 19.2 Å². The lowest BCUT2D eigenvalue weighted by atomic mass is 10.0. The van der Waals surface area contributed by atoms with Crippen molar-refractivity contribution >= 4 is 44.6 Å². The maximum absolute atomic E-state index is 14.7. The molecular weight excluding hydrogens is 824 g/mol. The number of carbonyl (C=O) groups excluding carboxylic acids is 4. The SMILES string of the molecule is COc1ccc2c(O[C@@H]3C[C@H]4C(=O)N[C@]5(C(=O)NS(=O)(=O)C6CC6)C[C@H]5/C=C\CCCCC[C@H](NC(=O)c5ccn(CC(F)(F)F)n5)C(=O)N4C3)cc(OC(C)C)nc2c1C. The number of allylic oxidation sites excluding steroid dienone is 1. The zero-order chi connectivity index (χ0) is 43.9. The van der Waals surface area contributed by atoms with E-state index >= 15 is 0 Å². The first-order valence-electron chi connectivity index (χ1n) is 20.5. The Labute approximate surface area is 351 Å². The van der Waals surface area contributed by atoms with E-state index in [9.17, 15) is 40.8 Å². The molecule has 3 fully saturated rings. The number of carbonyl (C=O) groups is 4. The number of fused-ring (bicyclic) bond motifs is 3. The van der Waals surface area contributed by atoms with Crippen LogP contribution in [-0.4, -0.2) is 107 Å². The molecule has 1 saturated heterocycles. The van der Waals surface area contributed by atoms with Gasteiger partial charge < -0.3 is 29.7 Å². The van der Waals surface area contributed by atoms with Crippen LogP contribution in [0.4, 0.5) is 13.2 Å². The predicted octanol–water partition coefficient (Wildman–Crippen LogP) is 4.25. The lowest BCUT2D eigenvalue weighted by molar-refractivity contribution is -0.142. The predicted molar refractivity (Wildman–Crippen MR) is 214 cm³/mol. The van der Waals surface area contributed by atoms with Gasteiger partial charge in [0.1, 0.15) is 47.5 Å². The largest absolute Gasteiger partial charge is 0.496 e. The second-order valence-corrected chi connectivity index (χ2v) is 18.4. The molecule has 0 radical (unpaired) electrons. The van der Waals surface area contributed by atoms with Crippen molar-refractivity contribution in [2.45, 2.75) is 126 Å². The third kappa shape index (κ3) is 9.89. The van der Waals surface area contributed by atoms with Gasteiger partial charge in [-0.25, -0.2) is 13.4 Å². The zero-order valence-corrected chi connectivity index (χ0v) is 35.1. The summed E-state index contributed by atoms with van der Waals surface area (Å²) in [6.45, 7) is 3.96. The molecule has 4 amide bonds. The highest BCUT2D eigenvalue weighted by Crippen LogP contribution is 2.46. The van der Waals surface area contributed by atoms with E-state index in [2.05, 4.69) is 20.5 Å². The average molecular weight is 874 g/mol. The van der Waals surface area contributed by atoms with Crippen molar-refractivity contribution in [1.29, 1.82) is 0 Å². The smallest absolute Gasteiger partial charge is 0.408 e. The van der Waals surface area contributed by atoms with Crippen molar-refractivity contribution in [2.75, 3.05) is 13.7 Å². The number of pyridine rings is 1. The molecule has 61 heavy (non-hydrogen) atoms. The number of nitrogens with zero attached hydrogens (tertiary/aromatic N) is 4. The number of nitrogens with one attached hydrogen (secondary N) is 3. The molecule has 4 aliphatic rings. The summed E-state index contributed by atoms with van der Waals surface area (Å²) in [7, 11) is -2.43. The summed E-state index contributed by atoms with van der Waals surface area (Å²) in [4.78, 5) is 62.6. The van der Waals surface area contributed by atoms with Crippen LogP contribution < -0.4 is 29.6 Å². The number of amides is 4. The number of aryl methyl sites for hydroxylation is 1. The molecule has 4 heterocycles. The highest BCUT2D eigenvalue weighted by Gasteiger charge is 2.62. The van der Waals surface area contributed by atoms with E-state index in [-0.39, 0.29) is 43.5 Å². The third-order valence-electron chi connectivity index (χ3n) is 11.4. The van der Waals surface area contributed by atoms with Gasteiger partial charge in [-0.05, 0) is 77.5 Å². The monoisotopic (exact) mass is 873 g/mol. The highest BCUT2D eigenvalue weighted by atomic mass is 32.2. The minimum absolute atomic E-state index is 0.0714. The third-order valence-corrected chi connectivity index (χ3v) is 13.2. The van der Waals surface area contributed by atoms with Crippen LogP contribution >= 0.6 is 0 Å². The maximum atomic E-state index is 14.7. The minimum Gasteiger partial charge on any atom is -0.496 e. The molecule has 16 nitrogen and oxygen atoms in total. The fourth-order valence-corrected chi connectivity index (χ4v) is 9.35. The Morgan fingerprint density at radius 1 is 1.08 bits per heavy atom. The van der Waals surface area contributed by atoms with Gasteiger partial charge in [-0.3, -0.25) is 28.6 Å². The molecule has 0 bridgehead atoms. The van der Waals surface area contributed by atoms with E-state index in [1.165, 1.54) is 12.0 Å². The van der Waals surface area contributed by atoms with Gasteiger partial charge in [0.25, 0.3) is 11.8 Å². The molecule has 3 N–H and O–H groups in total. The quantitative estimate of drug-likeness (QED) is 0.233. The van der Waals surface area contributed by atoms with Crippen LogP contribution in [-0.2, 0) is 31.0 Å². The van der Waals surface area contributed by atoms with Crippen molar-refractivity contribution in [1.82, 2.24) is 35.0 Å². The van der Waals surface area contributed by atoms with E-state index < -0.39 is 81.3 Å². The van der Waals surface area contributed by atoms with Crippen LogP contribution in [0.2, 0.25) is 0 Å². The van der Waals surface area contributed by atoms with Crippen LogP contribution in [0.5, 0.6) is 17.4 Å². The Morgan fingerprint density at radius 2 is 1.85 bits per heavy atom. The molecule has 5 atom stereocenters. The summed E-state index contributed by atoms with van der Waals surface area (Å²) in [5.41, 5.74) is -0.682. The average Bonchev–Trinajstić information content (AvgIpc) is 4.07. The van der Waals surface area contributed by atoms with Crippen molar-refractivity contribution < 1.29 is 55.0 Å². The van der Waals surface area contributed by atoms with Gasteiger partial charge in [0.2, 0.25) is 27.7 Å². The number of sulfonamides is 1. The molecular formula is C41H50F3N7O9S. The zero-order valence-electron chi connectivity index (χ0n) is 34.3. The molecule has 7 rings (SSSR count). The molecule has 2 aliphatic heterocycles. The molecule has 2 aromatic heterocycles. The van der Waals surface area contributed by atoms with Crippen LogP contribution in [0.3, 0.4) is 0 Å². The number of alkyl halides is 3. The second kappa shape index (κ2) is 17.2. The van der Waals surface area contributed by atoms with Gasteiger partial charge in [0.05, 0.1) is 30.5 Å². The van der Waals surface area contributed by atoms with Gasteiger partial charge in [0, 0.05) is 35.6 Å². The number of hydrogen-bond acceptors (Lipinski definition) is 11. The first kappa shape index (κ1) is 43.7. The topological polar surface area (TPSA) is 200 Å². The van der Waals surface area contributed by atoms with Crippen LogP contribution in [0, 0.1) is 12.8 Å². The molecule has 0 spiro atoms. The minimum atomic E-state index is -4.58. The number of aromatic nitrogens is 3. The Balaban J connectivity index is 1.22. The number of ether oxygens (including phenoxy) is 3. The Hall–Kier alpha value is -5.40. The lowest BCUT2D eigenvalue weighted by Crippen LogP contribution is -2.58. The molecule has 20 heteroatoms. The molecule has 2 saturated carbocycles. The summed E-state index contributed by atoms with van der Waals surface area (Å²) >= 11 is 0. The number of benzene rings is 1. The van der Waals surface area contributed by atoms with Gasteiger partial charge in [-0.2, -0.15) is 18.3 Å². The van der Waals surface area contributed by atoms with Gasteiger partial charge in [0.15, 0.2) is 0 Å². The molecule has 0 unspecified atom stereocenters. The summed E-state index contributed by atoms with van der Waals surface area (Å²) in [6.07, 6.45) is 2.45. The summed E-state index contributed by atoms with van der Waals surface area (Å²) in [5.74, 6) is -2.46. The fourth-order valence-electron chi connectivity index (χ4n) is 7.99. The number of hydrogen-bond donors (Lipinski definition) is 3. The van der Waals surface area contributed by atoms with Crippen molar-refractivity contribution in [2.24, 2.45) is 5.92 Å². The second-order valence-electron chi connectivity index (χ2n) is 16.4. The fraction of sp³-hybridized carbons (Fsp3) is 0.561. The van der Waals surface area contributed by atoms with Crippen LogP contribution in [0.15, 0.2) is 42.6 Å². The van der Waals surface area contributed by atoms with Gasteiger partial charge in [-0.1, -0.05) is 25.0 Å². The maximum Gasteiger partial charge on any atom is 0.408 e. The molecule has 330 valence electrons. The van der Waals surface area contributed by atoms with Crippen LogP contribution in [0.25, 0.3) is 10.9 Å². The Kier molecular flexibility index (Phi) is 12.3. The van der Waals surface area contributed by atoms with Crippen LogP contribution in [0.1, 0.15) is 87.7 Å². The summed E-state index contributed by atoms with van der Waals surface area (Å²) < 4.78 is 85.9. The van der Waals surface area contributed by atoms with E-state index in [1.807, 2.05) is 26.8 Å². The van der Waals surface area contributed by atoms with E-state index in [1.54, 1.807) is 24.3 Å². The number of methoxy groups -OCH3 is 1. The standard InChI is InChI=1S/C41H50F3N7O9S/c1-23(2)59-34-19-33(28-14-15-32(58-4)24(3)35(28)46-34)60-26-18-31-37(53)47-40(39(55)49-61(56,57)27-12-13-27)20-25(40)10-8-6-5-7-9-11-30(38(54)51(31)21-26)45-36(52)29-16-17-50(48-29)22-41(42,43)44/h8,10,14-17,19,23,25-27,30-31H,5-7,9,11-13,18,20-22H2,1-4H3,(H,45,52)(H,47,53)(H,49,55)/b10-8-/t25-,26-,30+,31+,40-/m1/s1. The van der Waals surface area contributed by atoms with Gasteiger partial charge in [-0.15, -0.1) is 0 Å². The Bertz CT molecular complexity index is 2330. The molecule has 2 aliphatic carbocycles. The van der Waals surface area contributed by atoms with Gasteiger partial charge >= 0.3 is 6.18 Å². The normalized spacial score (nSPS) is 25.4. The first-order valence-corrected chi connectivity index (χ1v) is 22.0. The summed E-state index contributed by atoms with van der Waals surface area (Å²) in [6, 6.07) is 3.78. The Morgan fingerprint density at radius 3 is 2.56 bits per heavy atom. The molecule has 3 aromatic rings. The van der Waals surface area contributed by atoms with E-state index in [0.29, 0.717) is 65.6 Å². The summed E-state index contributed by atoms with van der Waals surface area (Å²) in [5, 5.41) is 9.16. The number of halogens is 3. The number of rotatable bonds is 11. The van der Waals surface area contributed by atoms with Crippen molar-refractivity contribution in [3.8, 4) is 17.4 Å².